The van der Waals surface area contributed by atoms with Gasteiger partial charge in [-0.15, -0.1) is 0 Å². The van der Waals surface area contributed by atoms with Gasteiger partial charge in [0, 0.05) is 19.0 Å². The summed E-state index contributed by atoms with van der Waals surface area (Å²) in [6, 6.07) is 0.217. The van der Waals surface area contributed by atoms with Crippen molar-refractivity contribution in [3.63, 3.8) is 0 Å². The number of rotatable bonds is 7. The first-order chi connectivity index (χ1) is 6.68. The third kappa shape index (κ3) is 5.97. The van der Waals surface area contributed by atoms with Crippen LogP contribution in [0, 0.1) is 5.92 Å². The first-order valence-electron chi connectivity index (χ1n) is 5.70. The highest BCUT2D eigenvalue weighted by atomic mass is 16.1. The van der Waals surface area contributed by atoms with E-state index in [-0.39, 0.29) is 11.9 Å². The quantitative estimate of drug-likeness (QED) is 0.650. The van der Waals surface area contributed by atoms with E-state index in [1.54, 1.807) is 0 Å². The van der Waals surface area contributed by atoms with Gasteiger partial charge in [-0.3, -0.25) is 4.79 Å². The fraction of sp³-hybridized carbons (Fsp3) is 0.909. The van der Waals surface area contributed by atoms with Gasteiger partial charge in [-0.25, -0.2) is 0 Å². The van der Waals surface area contributed by atoms with Crippen molar-refractivity contribution in [3.8, 4) is 0 Å². The van der Waals surface area contributed by atoms with Gasteiger partial charge in [-0.05, 0) is 32.1 Å². The molecule has 1 rings (SSSR count). The molecule has 1 unspecified atom stereocenters. The Morgan fingerprint density at radius 2 is 2.29 bits per heavy atom. The van der Waals surface area contributed by atoms with Crippen LogP contribution in [0.15, 0.2) is 0 Å². The summed E-state index contributed by atoms with van der Waals surface area (Å²) in [5.74, 6) is 1.09. The molecular weight excluding hydrogens is 176 g/mol. The smallest absolute Gasteiger partial charge is 0.219 e. The van der Waals surface area contributed by atoms with E-state index in [0.717, 1.165) is 25.3 Å². The molecule has 1 aliphatic carbocycles. The molecule has 0 aromatic heterocycles. The number of nitrogens with one attached hydrogen (secondary N) is 1. The third-order valence-electron chi connectivity index (χ3n) is 2.63. The molecule has 0 bridgehead atoms. The normalized spacial score (nSPS) is 17.9. The second-order valence-corrected chi connectivity index (χ2v) is 4.45. The molecule has 0 saturated heterocycles. The number of hydrogen-bond acceptors (Lipinski definition) is 2. The average molecular weight is 198 g/mol. The van der Waals surface area contributed by atoms with Crippen LogP contribution in [0.2, 0.25) is 0 Å². The number of carbonyl (C=O) groups excluding carboxylic acids is 1. The van der Waals surface area contributed by atoms with Crippen molar-refractivity contribution in [2.45, 2.75) is 51.5 Å². The summed E-state index contributed by atoms with van der Waals surface area (Å²) in [5.41, 5.74) is 5.60. The summed E-state index contributed by atoms with van der Waals surface area (Å²) in [4.78, 5) is 11.3. The fourth-order valence-corrected chi connectivity index (χ4v) is 1.50. The van der Waals surface area contributed by atoms with Crippen molar-refractivity contribution in [2.24, 2.45) is 11.7 Å². The molecule has 1 saturated carbocycles. The second kappa shape index (κ2) is 6.02. The fourth-order valence-electron chi connectivity index (χ4n) is 1.50. The molecule has 0 radical (unpaired) electrons. The molecule has 1 amide bonds. The number of nitrogens with two attached hydrogens (primary N) is 1. The highest BCUT2D eigenvalue weighted by molar-refractivity contribution is 5.75. The highest BCUT2D eigenvalue weighted by Crippen LogP contribution is 2.31. The summed E-state index contributed by atoms with van der Waals surface area (Å²) in [6.45, 7) is 2.84. The lowest BCUT2D eigenvalue weighted by Gasteiger charge is -2.05. The molecule has 1 fully saturated rings. The first kappa shape index (κ1) is 11.5. The molecule has 3 nitrogen and oxygen atoms in total. The molecule has 82 valence electrons. The second-order valence-electron chi connectivity index (χ2n) is 4.45. The van der Waals surface area contributed by atoms with Crippen molar-refractivity contribution in [1.82, 2.24) is 5.32 Å². The van der Waals surface area contributed by atoms with E-state index >= 15 is 0 Å². The Morgan fingerprint density at radius 1 is 1.57 bits per heavy atom. The van der Waals surface area contributed by atoms with Crippen LogP contribution in [0.4, 0.5) is 0 Å². The van der Waals surface area contributed by atoms with Gasteiger partial charge in [0.1, 0.15) is 0 Å². The summed E-state index contributed by atoms with van der Waals surface area (Å²) in [6.07, 6.45) is 6.37. The zero-order valence-corrected chi connectivity index (χ0v) is 9.09. The van der Waals surface area contributed by atoms with Gasteiger partial charge >= 0.3 is 0 Å². The minimum atomic E-state index is 0.186. The first-order valence-corrected chi connectivity index (χ1v) is 5.70. The van der Waals surface area contributed by atoms with Gasteiger partial charge < -0.3 is 11.1 Å². The van der Waals surface area contributed by atoms with Crippen LogP contribution in [0.5, 0.6) is 0 Å². The maximum Gasteiger partial charge on any atom is 0.219 e. The number of amides is 1. The van der Waals surface area contributed by atoms with E-state index in [9.17, 15) is 4.79 Å². The van der Waals surface area contributed by atoms with Crippen LogP contribution >= 0.6 is 0 Å². The Hall–Kier alpha value is -0.570. The van der Waals surface area contributed by atoms with Gasteiger partial charge in [-0.1, -0.05) is 12.8 Å². The zero-order valence-electron chi connectivity index (χ0n) is 9.09. The van der Waals surface area contributed by atoms with E-state index in [0.29, 0.717) is 6.42 Å². The van der Waals surface area contributed by atoms with Crippen LogP contribution < -0.4 is 11.1 Å². The van der Waals surface area contributed by atoms with Gasteiger partial charge in [0.05, 0.1) is 0 Å². The van der Waals surface area contributed by atoms with E-state index < -0.39 is 0 Å². The Kier molecular flexibility index (Phi) is 4.94. The third-order valence-corrected chi connectivity index (χ3v) is 2.63. The Morgan fingerprint density at radius 3 is 2.86 bits per heavy atom. The molecule has 0 aromatic rings. The minimum Gasteiger partial charge on any atom is -0.356 e. The summed E-state index contributed by atoms with van der Waals surface area (Å²) in [5, 5.41) is 2.95. The monoisotopic (exact) mass is 198 g/mol. The predicted octanol–water partition coefficient (Wildman–Crippen LogP) is 1.42. The van der Waals surface area contributed by atoms with Crippen molar-refractivity contribution >= 4 is 5.91 Å². The summed E-state index contributed by atoms with van der Waals surface area (Å²) >= 11 is 0. The number of hydrogen-bond donors (Lipinski definition) is 2. The molecule has 0 aliphatic heterocycles. The largest absolute Gasteiger partial charge is 0.356 e. The molecule has 0 heterocycles. The van der Waals surface area contributed by atoms with E-state index in [1.807, 2.05) is 6.92 Å². The number of carbonyl (C=O) groups is 1. The predicted molar refractivity (Wildman–Crippen MR) is 57.9 cm³/mol. The SMILES string of the molecule is CC(N)CCCC(=O)NCCC1CC1. The Balaban J connectivity index is 1.87. The van der Waals surface area contributed by atoms with E-state index in [4.69, 9.17) is 5.73 Å². The van der Waals surface area contributed by atoms with Gasteiger partial charge in [-0.2, -0.15) is 0 Å². The van der Waals surface area contributed by atoms with Crippen LogP contribution in [-0.4, -0.2) is 18.5 Å². The van der Waals surface area contributed by atoms with Crippen molar-refractivity contribution in [1.29, 1.82) is 0 Å². The minimum absolute atomic E-state index is 0.186. The van der Waals surface area contributed by atoms with Gasteiger partial charge in [0.15, 0.2) is 0 Å². The Labute approximate surface area is 86.4 Å². The lowest BCUT2D eigenvalue weighted by molar-refractivity contribution is -0.121. The average Bonchev–Trinajstić information content (AvgIpc) is 2.87. The highest BCUT2D eigenvalue weighted by Gasteiger charge is 2.20. The van der Waals surface area contributed by atoms with Crippen LogP contribution in [-0.2, 0) is 4.79 Å². The standard InChI is InChI=1S/C11H22N2O/c1-9(12)3-2-4-11(14)13-8-7-10-5-6-10/h9-10H,2-8,12H2,1H3,(H,13,14). The molecule has 14 heavy (non-hydrogen) atoms. The molecule has 1 atom stereocenters. The molecular formula is C11H22N2O. The van der Waals surface area contributed by atoms with Crippen molar-refractivity contribution in [2.75, 3.05) is 6.54 Å². The topological polar surface area (TPSA) is 55.1 Å². The molecule has 3 heteroatoms. The Bertz CT molecular complexity index is 166. The van der Waals surface area contributed by atoms with E-state index in [2.05, 4.69) is 5.32 Å². The van der Waals surface area contributed by atoms with Crippen LogP contribution in [0.3, 0.4) is 0 Å². The molecule has 0 spiro atoms. The van der Waals surface area contributed by atoms with Crippen molar-refractivity contribution < 1.29 is 4.79 Å². The maximum absolute atomic E-state index is 11.3. The van der Waals surface area contributed by atoms with Crippen molar-refractivity contribution in [3.05, 3.63) is 0 Å². The van der Waals surface area contributed by atoms with E-state index in [1.165, 1.54) is 19.3 Å². The molecule has 0 aromatic carbocycles. The lowest BCUT2D eigenvalue weighted by atomic mass is 10.1. The van der Waals surface area contributed by atoms with Gasteiger partial charge in [0.25, 0.3) is 0 Å². The summed E-state index contributed by atoms with van der Waals surface area (Å²) in [7, 11) is 0. The van der Waals surface area contributed by atoms with Crippen LogP contribution in [0.1, 0.15) is 45.4 Å². The summed E-state index contributed by atoms with van der Waals surface area (Å²) < 4.78 is 0. The maximum atomic E-state index is 11.3. The molecule has 1 aliphatic rings. The van der Waals surface area contributed by atoms with Crippen LogP contribution in [0.25, 0.3) is 0 Å². The molecule has 3 N–H and O–H groups in total. The lowest BCUT2D eigenvalue weighted by Crippen LogP contribution is -2.25. The zero-order chi connectivity index (χ0) is 10.4. The van der Waals surface area contributed by atoms with Gasteiger partial charge in [0.2, 0.25) is 5.91 Å².